The van der Waals surface area contributed by atoms with Gasteiger partial charge in [0.25, 0.3) is 5.78 Å². The predicted octanol–water partition coefficient (Wildman–Crippen LogP) is 1.03. The van der Waals surface area contributed by atoms with E-state index in [1.54, 1.807) is 30.3 Å². The van der Waals surface area contributed by atoms with Gasteiger partial charge >= 0.3 is 11.9 Å². The fourth-order valence-electron chi connectivity index (χ4n) is 1.75. The third kappa shape index (κ3) is 10.5. The Morgan fingerprint density at radius 2 is 1.15 bits per heavy atom. The summed E-state index contributed by atoms with van der Waals surface area (Å²) >= 11 is 0. The molecule has 1 aromatic carbocycles. The summed E-state index contributed by atoms with van der Waals surface area (Å²) in [6.45, 7) is 3.54. The quantitative estimate of drug-likeness (QED) is 0.208. The van der Waals surface area contributed by atoms with Crippen molar-refractivity contribution in [1.82, 2.24) is 0 Å². The van der Waals surface area contributed by atoms with Gasteiger partial charge in [0.05, 0.1) is 39.6 Å². The number of benzene rings is 1. The second-order valence-electron chi connectivity index (χ2n) is 5.01. The molecule has 0 atom stereocenters. The molecular weight excluding hydrogens is 344 g/mol. The van der Waals surface area contributed by atoms with Crippen molar-refractivity contribution >= 4 is 17.7 Å². The Morgan fingerprint density at radius 1 is 0.692 bits per heavy atom. The zero-order valence-corrected chi connectivity index (χ0v) is 14.8. The van der Waals surface area contributed by atoms with Crippen molar-refractivity contribution in [1.29, 1.82) is 0 Å². The first-order valence-corrected chi connectivity index (χ1v) is 8.24. The summed E-state index contributed by atoms with van der Waals surface area (Å²) in [4.78, 5) is 33.8. The van der Waals surface area contributed by atoms with E-state index in [9.17, 15) is 14.4 Å². The molecule has 0 radical (unpaired) electrons. The van der Waals surface area contributed by atoms with Gasteiger partial charge in [-0.05, 0) is 0 Å². The number of Topliss-reactive ketones (excluding diaryl/α,β-unsaturated/α-hetero) is 1. The second kappa shape index (κ2) is 13.9. The minimum Gasteiger partial charge on any atom is -0.463 e. The number of esters is 2. The summed E-state index contributed by atoms with van der Waals surface area (Å²) in [5.41, 5.74) is 0.293. The van der Waals surface area contributed by atoms with E-state index < -0.39 is 11.8 Å². The molecule has 144 valence electrons. The first-order valence-electron chi connectivity index (χ1n) is 8.24. The molecular formula is C18H24O8. The molecule has 0 aliphatic carbocycles. The lowest BCUT2D eigenvalue weighted by molar-refractivity contribution is -0.142. The minimum absolute atomic E-state index is 0.00331. The normalized spacial score (nSPS) is 10.3. The molecule has 0 heterocycles. The molecule has 8 nitrogen and oxygen atoms in total. The minimum atomic E-state index is -0.901. The highest BCUT2D eigenvalue weighted by atomic mass is 16.6. The van der Waals surface area contributed by atoms with E-state index in [1.807, 2.05) is 0 Å². The number of ketones is 1. The van der Waals surface area contributed by atoms with Crippen LogP contribution in [0.1, 0.15) is 17.3 Å². The molecule has 0 spiro atoms. The lowest BCUT2D eigenvalue weighted by Crippen LogP contribution is -2.20. The van der Waals surface area contributed by atoms with E-state index in [2.05, 4.69) is 0 Å². The van der Waals surface area contributed by atoms with Crippen LogP contribution in [-0.2, 0) is 33.3 Å². The predicted molar refractivity (Wildman–Crippen MR) is 90.8 cm³/mol. The van der Waals surface area contributed by atoms with Gasteiger partial charge in [-0.3, -0.25) is 9.59 Å². The molecule has 0 saturated carbocycles. The summed E-state index contributed by atoms with van der Waals surface area (Å²) in [5, 5.41) is 0. The first kappa shape index (κ1) is 21.8. The molecule has 0 aliphatic rings. The standard InChI is InChI=1S/C18H24O8/c1-15(19)25-13-11-23-9-7-22-8-10-24-12-14-26-18(21)17(20)16-5-3-2-4-6-16/h2-6H,7-14H2,1H3. The Kier molecular flexibility index (Phi) is 11.7. The highest BCUT2D eigenvalue weighted by Crippen LogP contribution is 2.01. The number of rotatable bonds is 14. The number of hydrogen-bond acceptors (Lipinski definition) is 8. The fraction of sp³-hybridized carbons (Fsp3) is 0.500. The molecule has 26 heavy (non-hydrogen) atoms. The van der Waals surface area contributed by atoms with Crippen LogP contribution in [0.15, 0.2) is 30.3 Å². The van der Waals surface area contributed by atoms with Crippen molar-refractivity contribution < 1.29 is 38.1 Å². The molecule has 1 aromatic rings. The monoisotopic (exact) mass is 368 g/mol. The zero-order valence-electron chi connectivity index (χ0n) is 14.8. The average molecular weight is 368 g/mol. The summed E-state index contributed by atoms with van der Waals surface area (Å²) in [5.74, 6) is -1.92. The molecule has 0 unspecified atom stereocenters. The van der Waals surface area contributed by atoms with Crippen molar-refractivity contribution in [2.24, 2.45) is 0 Å². The van der Waals surface area contributed by atoms with Crippen LogP contribution < -0.4 is 0 Å². The van der Waals surface area contributed by atoms with E-state index in [-0.39, 0.29) is 25.8 Å². The number of hydrogen-bond donors (Lipinski definition) is 0. The Bertz CT molecular complexity index is 543. The lowest BCUT2D eigenvalue weighted by atomic mass is 10.1. The summed E-state index contributed by atoms with van der Waals surface area (Å²) in [6.07, 6.45) is 0. The van der Waals surface area contributed by atoms with Crippen LogP contribution >= 0.6 is 0 Å². The van der Waals surface area contributed by atoms with Crippen LogP contribution in [0.25, 0.3) is 0 Å². The Hall–Kier alpha value is -2.29. The highest BCUT2D eigenvalue weighted by molar-refractivity contribution is 6.40. The van der Waals surface area contributed by atoms with E-state index in [0.717, 1.165) is 0 Å². The van der Waals surface area contributed by atoms with Crippen LogP contribution in [-0.4, -0.2) is 70.6 Å². The lowest BCUT2D eigenvalue weighted by Gasteiger charge is -2.07. The van der Waals surface area contributed by atoms with Crippen molar-refractivity contribution in [3.63, 3.8) is 0 Å². The Balaban J connectivity index is 1.89. The molecule has 0 saturated heterocycles. The zero-order chi connectivity index (χ0) is 19.0. The molecule has 0 fully saturated rings. The van der Waals surface area contributed by atoms with Gasteiger partial charge in [0.1, 0.15) is 13.2 Å². The van der Waals surface area contributed by atoms with Crippen LogP contribution in [0.3, 0.4) is 0 Å². The number of carbonyl (C=O) groups excluding carboxylic acids is 3. The Morgan fingerprint density at radius 3 is 1.65 bits per heavy atom. The molecule has 0 amide bonds. The second-order valence-corrected chi connectivity index (χ2v) is 5.01. The maximum Gasteiger partial charge on any atom is 0.379 e. The maximum absolute atomic E-state index is 11.7. The van der Waals surface area contributed by atoms with Gasteiger partial charge in [0.15, 0.2) is 0 Å². The van der Waals surface area contributed by atoms with Crippen molar-refractivity contribution in [3.05, 3.63) is 35.9 Å². The van der Waals surface area contributed by atoms with Gasteiger partial charge in [-0.15, -0.1) is 0 Å². The maximum atomic E-state index is 11.7. The topological polar surface area (TPSA) is 97.4 Å². The Labute approximate surface area is 152 Å². The van der Waals surface area contributed by atoms with Gasteiger partial charge < -0.3 is 23.7 Å². The van der Waals surface area contributed by atoms with Gasteiger partial charge in [-0.2, -0.15) is 0 Å². The first-order chi connectivity index (χ1) is 12.6. The molecule has 1 rings (SSSR count). The van der Waals surface area contributed by atoms with Crippen molar-refractivity contribution in [2.45, 2.75) is 6.92 Å². The van der Waals surface area contributed by atoms with E-state index in [1.165, 1.54) is 6.92 Å². The average Bonchev–Trinajstić information content (AvgIpc) is 2.65. The van der Waals surface area contributed by atoms with Crippen LogP contribution in [0.2, 0.25) is 0 Å². The van der Waals surface area contributed by atoms with Gasteiger partial charge in [-0.25, -0.2) is 4.79 Å². The molecule has 0 aromatic heterocycles. The number of ether oxygens (including phenoxy) is 5. The molecule has 0 aliphatic heterocycles. The van der Waals surface area contributed by atoms with Crippen molar-refractivity contribution in [2.75, 3.05) is 52.9 Å². The smallest absolute Gasteiger partial charge is 0.379 e. The van der Waals surface area contributed by atoms with Gasteiger partial charge in [-0.1, -0.05) is 30.3 Å². The summed E-state index contributed by atoms with van der Waals surface area (Å²) in [6, 6.07) is 8.21. The molecule has 0 bridgehead atoms. The molecule has 8 heteroatoms. The van der Waals surface area contributed by atoms with Crippen LogP contribution in [0.5, 0.6) is 0 Å². The SMILES string of the molecule is CC(=O)OCCOCCOCCOCCOC(=O)C(=O)c1ccccc1. The van der Waals surface area contributed by atoms with Gasteiger partial charge in [0.2, 0.25) is 0 Å². The fourth-order valence-corrected chi connectivity index (χ4v) is 1.75. The summed E-state index contributed by atoms with van der Waals surface area (Å²) < 4.78 is 25.2. The largest absolute Gasteiger partial charge is 0.463 e. The third-order valence-electron chi connectivity index (χ3n) is 2.96. The third-order valence-corrected chi connectivity index (χ3v) is 2.96. The number of carbonyl (C=O) groups is 3. The van der Waals surface area contributed by atoms with Crippen molar-refractivity contribution in [3.8, 4) is 0 Å². The van der Waals surface area contributed by atoms with E-state index in [4.69, 9.17) is 23.7 Å². The van der Waals surface area contributed by atoms with Crippen LogP contribution in [0, 0.1) is 0 Å². The highest BCUT2D eigenvalue weighted by Gasteiger charge is 2.16. The summed E-state index contributed by atoms with van der Waals surface area (Å²) in [7, 11) is 0. The van der Waals surface area contributed by atoms with Crippen LogP contribution in [0.4, 0.5) is 0 Å². The van der Waals surface area contributed by atoms with E-state index >= 15 is 0 Å². The van der Waals surface area contributed by atoms with E-state index in [0.29, 0.717) is 38.6 Å². The molecule has 0 N–H and O–H groups in total. The van der Waals surface area contributed by atoms with Gasteiger partial charge in [0, 0.05) is 12.5 Å².